The van der Waals surface area contributed by atoms with Crippen molar-refractivity contribution >= 4 is 11.6 Å². The summed E-state index contributed by atoms with van der Waals surface area (Å²) in [6, 6.07) is 6.13. The van der Waals surface area contributed by atoms with Gasteiger partial charge in [-0.15, -0.1) is 5.10 Å². The number of fused-ring (bicyclic) bond motifs is 1. The van der Waals surface area contributed by atoms with Crippen molar-refractivity contribution in [1.82, 2.24) is 14.6 Å². The van der Waals surface area contributed by atoms with Gasteiger partial charge in [0.25, 0.3) is 0 Å². The van der Waals surface area contributed by atoms with Crippen LogP contribution in [0.1, 0.15) is 22.8 Å². The van der Waals surface area contributed by atoms with Crippen LogP contribution in [0.2, 0.25) is 0 Å². The molecule has 0 amide bonds. The molecule has 0 atom stereocenters. The second-order valence-corrected chi connectivity index (χ2v) is 5.10. The lowest BCUT2D eigenvalue weighted by Crippen LogP contribution is -2.12. The summed E-state index contributed by atoms with van der Waals surface area (Å²) in [4.78, 5) is 15.4. The monoisotopic (exact) mass is 351 g/mol. The van der Waals surface area contributed by atoms with E-state index in [-0.39, 0.29) is 5.56 Å². The number of aromatic carboxylic acids is 1. The largest absolute Gasteiger partial charge is 0.478 e. The van der Waals surface area contributed by atoms with Crippen molar-refractivity contribution < 1.29 is 27.8 Å². The summed E-state index contributed by atoms with van der Waals surface area (Å²) in [6.07, 6.45) is -3.26. The normalized spacial score (nSPS) is 11.7. The first kappa shape index (κ1) is 16.7. The highest BCUT2D eigenvalue weighted by Gasteiger charge is 2.35. The fourth-order valence-electron chi connectivity index (χ4n) is 2.36. The summed E-state index contributed by atoms with van der Waals surface area (Å²) >= 11 is 0. The van der Waals surface area contributed by atoms with E-state index in [0.29, 0.717) is 23.8 Å². The van der Waals surface area contributed by atoms with Crippen LogP contribution in [0.4, 0.5) is 13.2 Å². The number of carbonyl (C=O) groups is 1. The number of rotatable bonds is 4. The molecule has 0 saturated carbocycles. The molecule has 0 aliphatic rings. The maximum Gasteiger partial charge on any atom is 0.417 e. The molecule has 0 unspecified atom stereocenters. The molecule has 6 nitrogen and oxygen atoms in total. The summed E-state index contributed by atoms with van der Waals surface area (Å²) in [5.41, 5.74) is -1.03. The van der Waals surface area contributed by atoms with Crippen LogP contribution in [0, 0.1) is 0 Å². The Kier molecular flexibility index (Phi) is 4.07. The number of carboxylic acids is 1. The van der Waals surface area contributed by atoms with Crippen molar-refractivity contribution in [3.63, 3.8) is 0 Å². The molecule has 0 saturated heterocycles. The Morgan fingerprint density at radius 2 is 2.04 bits per heavy atom. The van der Waals surface area contributed by atoms with Gasteiger partial charge in [0.15, 0.2) is 5.65 Å². The molecule has 2 aromatic heterocycles. The van der Waals surface area contributed by atoms with Crippen molar-refractivity contribution in [2.24, 2.45) is 0 Å². The summed E-state index contributed by atoms with van der Waals surface area (Å²) in [5, 5.41) is 13.2. The molecule has 0 radical (unpaired) electrons. The van der Waals surface area contributed by atoms with E-state index < -0.39 is 23.3 Å². The molecule has 0 aliphatic carbocycles. The quantitative estimate of drug-likeness (QED) is 0.778. The smallest absolute Gasteiger partial charge is 0.417 e. The van der Waals surface area contributed by atoms with Crippen LogP contribution in [0.25, 0.3) is 16.9 Å². The average Bonchev–Trinajstić information content (AvgIpc) is 2.97. The van der Waals surface area contributed by atoms with Crippen molar-refractivity contribution in [2.75, 3.05) is 6.61 Å². The zero-order valence-corrected chi connectivity index (χ0v) is 12.9. The minimum atomic E-state index is -4.75. The Balaban J connectivity index is 2.08. The van der Waals surface area contributed by atoms with Gasteiger partial charge in [0, 0.05) is 11.6 Å². The number of carboxylic acid groups (broad SMARTS) is 1. The molecule has 0 bridgehead atoms. The Labute approximate surface area is 139 Å². The maximum atomic E-state index is 12.9. The highest BCUT2D eigenvalue weighted by atomic mass is 19.4. The van der Waals surface area contributed by atoms with Crippen LogP contribution in [0.5, 0.6) is 5.88 Å². The molecule has 1 aromatic carbocycles. The third-order valence-corrected chi connectivity index (χ3v) is 3.44. The first-order chi connectivity index (χ1) is 11.8. The van der Waals surface area contributed by atoms with E-state index in [9.17, 15) is 18.0 Å². The van der Waals surface area contributed by atoms with Crippen molar-refractivity contribution in [3.8, 4) is 17.1 Å². The highest BCUT2D eigenvalue weighted by molar-refractivity contribution is 5.91. The summed E-state index contributed by atoms with van der Waals surface area (Å²) in [5.74, 6) is -1.28. The van der Waals surface area contributed by atoms with Crippen LogP contribution >= 0.6 is 0 Å². The zero-order chi connectivity index (χ0) is 18.2. The van der Waals surface area contributed by atoms with Gasteiger partial charge in [-0.1, -0.05) is 6.07 Å². The molecule has 2 heterocycles. The number of benzene rings is 1. The van der Waals surface area contributed by atoms with E-state index in [1.165, 1.54) is 16.8 Å². The lowest BCUT2D eigenvalue weighted by molar-refractivity contribution is -0.138. The third-order valence-electron chi connectivity index (χ3n) is 3.44. The van der Waals surface area contributed by atoms with Crippen molar-refractivity contribution in [3.05, 3.63) is 47.7 Å². The molecular formula is C16H12F3N3O3. The van der Waals surface area contributed by atoms with Gasteiger partial charge in [-0.3, -0.25) is 0 Å². The van der Waals surface area contributed by atoms with Crippen LogP contribution in [-0.4, -0.2) is 32.3 Å². The van der Waals surface area contributed by atoms with E-state index in [4.69, 9.17) is 9.84 Å². The van der Waals surface area contributed by atoms with Gasteiger partial charge in [-0.05, 0) is 25.1 Å². The number of alkyl halides is 3. The fourth-order valence-corrected chi connectivity index (χ4v) is 2.36. The first-order valence-corrected chi connectivity index (χ1v) is 7.23. The van der Waals surface area contributed by atoms with Crippen molar-refractivity contribution in [2.45, 2.75) is 13.1 Å². The molecule has 1 N–H and O–H groups in total. The summed E-state index contributed by atoms with van der Waals surface area (Å²) < 4.78 is 45.4. The Morgan fingerprint density at radius 3 is 2.68 bits per heavy atom. The number of hydrogen-bond acceptors (Lipinski definition) is 4. The van der Waals surface area contributed by atoms with Gasteiger partial charge in [0.2, 0.25) is 5.88 Å². The molecule has 9 heteroatoms. The van der Waals surface area contributed by atoms with Crippen LogP contribution < -0.4 is 4.74 Å². The van der Waals surface area contributed by atoms with Crippen LogP contribution in [0.15, 0.2) is 36.5 Å². The van der Waals surface area contributed by atoms with E-state index in [2.05, 4.69) is 10.1 Å². The van der Waals surface area contributed by atoms with Gasteiger partial charge in [-0.25, -0.2) is 14.3 Å². The molecule has 0 spiro atoms. The SMILES string of the molecule is CCOc1ccc2nc(-c3ccc(C(F)(F)F)c(C(=O)O)c3)cn2n1. The van der Waals surface area contributed by atoms with Crippen LogP contribution in [0.3, 0.4) is 0 Å². The molecule has 25 heavy (non-hydrogen) atoms. The first-order valence-electron chi connectivity index (χ1n) is 7.23. The Bertz CT molecular complexity index is 951. The number of nitrogens with zero attached hydrogens (tertiary/aromatic N) is 3. The number of hydrogen-bond donors (Lipinski definition) is 1. The zero-order valence-electron chi connectivity index (χ0n) is 12.9. The lowest BCUT2D eigenvalue weighted by Gasteiger charge is -2.11. The number of aromatic nitrogens is 3. The number of ether oxygens (including phenoxy) is 1. The van der Waals surface area contributed by atoms with Gasteiger partial charge in [0.05, 0.1) is 29.6 Å². The third kappa shape index (κ3) is 3.25. The minimum absolute atomic E-state index is 0.244. The maximum absolute atomic E-state index is 12.9. The van der Waals surface area contributed by atoms with Gasteiger partial charge < -0.3 is 9.84 Å². The topological polar surface area (TPSA) is 76.7 Å². The van der Waals surface area contributed by atoms with Gasteiger partial charge >= 0.3 is 12.1 Å². The standard InChI is InChI=1S/C16H12F3N3O3/c1-2-25-14-6-5-13-20-12(8-22(13)21-14)9-3-4-11(16(17,18)19)10(7-9)15(23)24/h3-8H,2H2,1H3,(H,23,24). The number of imidazole rings is 1. The van der Waals surface area contributed by atoms with E-state index >= 15 is 0 Å². The van der Waals surface area contributed by atoms with E-state index in [1.807, 2.05) is 0 Å². The predicted molar refractivity (Wildman–Crippen MR) is 81.6 cm³/mol. The fraction of sp³-hybridized carbons (Fsp3) is 0.188. The molecule has 3 rings (SSSR count). The van der Waals surface area contributed by atoms with Crippen LogP contribution in [-0.2, 0) is 6.18 Å². The molecule has 3 aromatic rings. The average molecular weight is 351 g/mol. The summed E-state index contributed by atoms with van der Waals surface area (Å²) in [7, 11) is 0. The Hall–Kier alpha value is -3.10. The highest BCUT2D eigenvalue weighted by Crippen LogP contribution is 2.34. The second-order valence-electron chi connectivity index (χ2n) is 5.10. The summed E-state index contributed by atoms with van der Waals surface area (Å²) in [6.45, 7) is 2.24. The second kappa shape index (κ2) is 6.08. The van der Waals surface area contributed by atoms with E-state index in [0.717, 1.165) is 12.1 Å². The lowest BCUT2D eigenvalue weighted by atomic mass is 10.0. The van der Waals surface area contributed by atoms with Gasteiger partial charge in [0.1, 0.15) is 0 Å². The number of halogens is 3. The van der Waals surface area contributed by atoms with Crippen molar-refractivity contribution in [1.29, 1.82) is 0 Å². The molecule has 0 fully saturated rings. The Morgan fingerprint density at radius 1 is 1.28 bits per heavy atom. The molecular weight excluding hydrogens is 339 g/mol. The van der Waals surface area contributed by atoms with Gasteiger partial charge in [-0.2, -0.15) is 13.2 Å². The minimum Gasteiger partial charge on any atom is -0.478 e. The van der Waals surface area contributed by atoms with E-state index in [1.54, 1.807) is 19.1 Å². The molecule has 0 aliphatic heterocycles. The predicted octanol–water partition coefficient (Wildman–Crippen LogP) is 3.51. The molecule has 130 valence electrons.